The van der Waals surface area contributed by atoms with Gasteiger partial charge in [-0.15, -0.1) is 6.42 Å². The summed E-state index contributed by atoms with van der Waals surface area (Å²) < 4.78 is 10.9. The first-order valence-corrected chi connectivity index (χ1v) is 12.0. The number of hydrogen-bond acceptors (Lipinski definition) is 8. The smallest absolute Gasteiger partial charge is 0.547 e. The third-order valence-corrected chi connectivity index (χ3v) is 9.14. The number of carbonyl (C=O) groups is 1. The summed E-state index contributed by atoms with van der Waals surface area (Å²) in [5, 5.41) is 52.4. The van der Waals surface area contributed by atoms with E-state index in [0.717, 1.165) is 37.7 Å². The molecule has 1 aromatic carbocycles. The van der Waals surface area contributed by atoms with Crippen molar-refractivity contribution in [2.75, 3.05) is 0 Å². The van der Waals surface area contributed by atoms with Gasteiger partial charge in [-0.3, -0.25) is 0 Å². The van der Waals surface area contributed by atoms with Gasteiger partial charge in [0.15, 0.2) is 0 Å². The van der Waals surface area contributed by atoms with Gasteiger partial charge in [0.05, 0.1) is 5.97 Å². The molecule has 184 valence electrons. The number of ether oxygens (including phenoxy) is 2. The van der Waals surface area contributed by atoms with Crippen LogP contribution in [0.1, 0.15) is 56.1 Å². The Morgan fingerprint density at radius 3 is 2.60 bits per heavy atom. The van der Waals surface area contributed by atoms with E-state index in [-0.39, 0.29) is 35.0 Å². The van der Waals surface area contributed by atoms with Crippen molar-refractivity contribution in [3.63, 3.8) is 0 Å². The fraction of sp³-hybridized carbons (Fsp3) is 0.654. The molecule has 1 aromatic rings. The maximum Gasteiger partial charge on any atom is 1.00 e. The zero-order valence-corrected chi connectivity index (χ0v) is 22.1. The third kappa shape index (κ3) is 4.14. The van der Waals surface area contributed by atoms with Crippen molar-refractivity contribution >= 4 is 5.97 Å². The second-order valence-corrected chi connectivity index (χ2v) is 10.6. The van der Waals surface area contributed by atoms with Gasteiger partial charge in [-0.05, 0) is 79.5 Å². The van der Waals surface area contributed by atoms with E-state index in [2.05, 4.69) is 12.8 Å². The number of aryl methyl sites for hydroxylation is 1. The van der Waals surface area contributed by atoms with Crippen molar-refractivity contribution in [1.82, 2.24) is 0 Å². The van der Waals surface area contributed by atoms with Crippen LogP contribution in [-0.4, -0.2) is 62.7 Å². The van der Waals surface area contributed by atoms with Gasteiger partial charge in [0.2, 0.25) is 6.29 Å². The minimum absolute atomic E-state index is 0. The van der Waals surface area contributed by atoms with Crippen molar-refractivity contribution in [1.29, 1.82) is 0 Å². The van der Waals surface area contributed by atoms with Crippen molar-refractivity contribution in [2.24, 2.45) is 17.3 Å². The summed E-state index contributed by atoms with van der Waals surface area (Å²) in [7, 11) is 0. The molecular formula is C26H31NaO8. The van der Waals surface area contributed by atoms with Gasteiger partial charge < -0.3 is 39.8 Å². The molecule has 0 aromatic heterocycles. The summed E-state index contributed by atoms with van der Waals surface area (Å²) >= 11 is 0. The number of fused-ring (bicyclic) bond motifs is 5. The van der Waals surface area contributed by atoms with E-state index in [9.17, 15) is 30.3 Å². The number of aliphatic hydroxyl groups is 4. The Morgan fingerprint density at radius 1 is 1.17 bits per heavy atom. The van der Waals surface area contributed by atoms with Gasteiger partial charge in [0.25, 0.3) is 0 Å². The molecule has 9 heteroatoms. The van der Waals surface area contributed by atoms with Crippen LogP contribution in [0.4, 0.5) is 0 Å². The molecule has 3 aliphatic carbocycles. The molecular weight excluding hydrogens is 463 g/mol. The quantitative estimate of drug-likeness (QED) is 0.255. The molecule has 4 N–H and O–H groups in total. The van der Waals surface area contributed by atoms with Crippen LogP contribution in [-0.2, 0) is 16.0 Å². The van der Waals surface area contributed by atoms with Crippen molar-refractivity contribution in [3.8, 4) is 18.1 Å². The Labute approximate surface area is 226 Å². The molecule has 0 amide bonds. The molecule has 1 saturated heterocycles. The van der Waals surface area contributed by atoms with Crippen molar-refractivity contribution in [2.45, 2.75) is 87.7 Å². The molecule has 4 aliphatic rings. The molecule has 1 heterocycles. The average molecular weight is 495 g/mol. The second kappa shape index (κ2) is 9.62. The summed E-state index contributed by atoms with van der Waals surface area (Å²) in [6.45, 7) is 2.15. The van der Waals surface area contributed by atoms with E-state index < -0.39 is 42.3 Å². The molecule has 0 radical (unpaired) electrons. The molecule has 1 aliphatic heterocycles. The van der Waals surface area contributed by atoms with Gasteiger partial charge >= 0.3 is 29.6 Å². The Kier molecular flexibility index (Phi) is 7.40. The summed E-state index contributed by atoms with van der Waals surface area (Å²) in [5.74, 6) is 2.56. The first-order valence-electron chi connectivity index (χ1n) is 12.0. The van der Waals surface area contributed by atoms with Gasteiger partial charge in [-0.2, -0.15) is 0 Å². The largest absolute Gasteiger partial charge is 1.00 e. The van der Waals surface area contributed by atoms with E-state index in [1.54, 1.807) is 6.07 Å². The number of benzene rings is 1. The van der Waals surface area contributed by atoms with Crippen LogP contribution in [0.2, 0.25) is 0 Å². The first kappa shape index (κ1) is 26.9. The van der Waals surface area contributed by atoms with Crippen LogP contribution in [0.25, 0.3) is 0 Å². The fourth-order valence-corrected chi connectivity index (χ4v) is 7.16. The van der Waals surface area contributed by atoms with Gasteiger partial charge in [0, 0.05) is 5.41 Å². The van der Waals surface area contributed by atoms with Crippen molar-refractivity contribution < 1.29 is 69.4 Å². The maximum atomic E-state index is 11.2. The zero-order valence-electron chi connectivity index (χ0n) is 20.1. The third-order valence-electron chi connectivity index (χ3n) is 9.14. The predicted molar refractivity (Wildman–Crippen MR) is 117 cm³/mol. The molecule has 0 bridgehead atoms. The molecule has 2 saturated carbocycles. The van der Waals surface area contributed by atoms with Crippen molar-refractivity contribution in [3.05, 3.63) is 29.3 Å². The number of aliphatic hydroxyl groups excluding tert-OH is 3. The number of aliphatic carboxylic acids is 1. The van der Waals surface area contributed by atoms with E-state index in [4.69, 9.17) is 15.9 Å². The zero-order chi connectivity index (χ0) is 24.4. The van der Waals surface area contributed by atoms with Crippen LogP contribution in [0.3, 0.4) is 0 Å². The number of terminal acetylenes is 1. The monoisotopic (exact) mass is 494 g/mol. The number of carboxylic acid groups (broad SMARTS) is 1. The Morgan fingerprint density at radius 2 is 1.91 bits per heavy atom. The van der Waals surface area contributed by atoms with Crippen LogP contribution < -0.4 is 39.4 Å². The first-order chi connectivity index (χ1) is 16.1. The van der Waals surface area contributed by atoms with Gasteiger partial charge in [0.1, 0.15) is 35.8 Å². The molecule has 3 fully saturated rings. The average Bonchev–Trinajstić information content (AvgIpc) is 3.10. The van der Waals surface area contributed by atoms with Crippen LogP contribution in [0.5, 0.6) is 5.75 Å². The van der Waals surface area contributed by atoms with E-state index in [1.165, 1.54) is 5.56 Å². The standard InChI is InChI=1S/C26H32O8.Na/c1-3-26(32)11-9-18-17-6-4-13-12-14(5-7-15(13)16(17)8-10-25(18,26)2)33-24-21(29)19(27)20(28)22(34-24)23(30)31;/h1,5,7,12,16-22,24,27-29,32H,4,6,8-11H2,2H3,(H,30,31);/q;+1/p-1/t16-,17-,18+,19+,20+,21-,22+,24-,25+,26+;/m1./s1. The number of carbonyl (C=O) groups excluding carboxylic acids is 1. The minimum Gasteiger partial charge on any atom is -0.547 e. The summed E-state index contributed by atoms with van der Waals surface area (Å²) in [6.07, 6.45) is 2.45. The number of rotatable bonds is 3. The second-order valence-electron chi connectivity index (χ2n) is 10.6. The normalized spacial score (nSPS) is 44.1. The Balaban J connectivity index is 0.00000289. The molecule has 0 spiro atoms. The SMILES string of the molecule is C#C[C@]1(O)CC[C@H]2[C@@H]3CCc4cc(O[C@@H]5O[C@H](C(=O)[O-])[C@@H](O)[C@H](O)[C@H]5O)ccc4[C@H]3CC[C@@]21C.[Na+]. The summed E-state index contributed by atoms with van der Waals surface area (Å²) in [4.78, 5) is 11.2. The van der Waals surface area contributed by atoms with E-state index in [0.29, 0.717) is 29.9 Å². The Bertz CT molecular complexity index is 1030. The van der Waals surface area contributed by atoms with Gasteiger partial charge in [-0.25, -0.2) is 0 Å². The molecule has 8 nitrogen and oxygen atoms in total. The van der Waals surface area contributed by atoms with E-state index in [1.807, 2.05) is 12.1 Å². The molecule has 5 rings (SSSR count). The number of hydrogen-bond donors (Lipinski definition) is 4. The summed E-state index contributed by atoms with van der Waals surface area (Å²) in [6, 6.07) is 5.62. The maximum absolute atomic E-state index is 11.2. The van der Waals surface area contributed by atoms with Crippen LogP contribution in [0.15, 0.2) is 18.2 Å². The van der Waals surface area contributed by atoms with Crippen LogP contribution in [0, 0.1) is 29.6 Å². The summed E-state index contributed by atoms with van der Waals surface area (Å²) in [5.41, 5.74) is 1.06. The molecule has 10 atom stereocenters. The topological polar surface area (TPSA) is 140 Å². The van der Waals surface area contributed by atoms with Crippen LogP contribution >= 0.6 is 0 Å². The minimum atomic E-state index is -1.82. The number of carboxylic acids is 1. The van der Waals surface area contributed by atoms with Gasteiger partial charge in [-0.1, -0.05) is 18.9 Å². The fourth-order valence-electron chi connectivity index (χ4n) is 7.16. The predicted octanol–water partition coefficient (Wildman–Crippen LogP) is -3.15. The molecule has 35 heavy (non-hydrogen) atoms. The van der Waals surface area contributed by atoms with E-state index >= 15 is 0 Å². The molecule has 0 unspecified atom stereocenters. The Hall–Kier alpha value is -1.15.